The van der Waals surface area contributed by atoms with Crippen LogP contribution in [0.2, 0.25) is 5.02 Å². The number of nitrogens with two attached hydrogens (primary N) is 1. The van der Waals surface area contributed by atoms with Gasteiger partial charge in [0.2, 0.25) is 0 Å². The fourth-order valence-corrected chi connectivity index (χ4v) is 3.54. The molecule has 0 aliphatic heterocycles. The second-order valence-corrected chi connectivity index (χ2v) is 7.52. The molecule has 4 N–H and O–H groups in total. The van der Waals surface area contributed by atoms with Gasteiger partial charge in [-0.1, -0.05) is 23.4 Å². The Morgan fingerprint density at radius 1 is 1.03 bits per heavy atom. The summed E-state index contributed by atoms with van der Waals surface area (Å²) in [6.45, 7) is 0. The largest absolute Gasteiger partial charge is 0.508 e. The number of alkyl halides is 3. The summed E-state index contributed by atoms with van der Waals surface area (Å²) in [6, 6.07) is 14.0. The molecule has 3 rings (SSSR count). The molecule has 0 spiro atoms. The van der Waals surface area contributed by atoms with Crippen LogP contribution in [0.25, 0.3) is 0 Å². The lowest BCUT2D eigenvalue weighted by Crippen LogP contribution is -2.14. The fourth-order valence-electron chi connectivity index (χ4n) is 2.43. The van der Waals surface area contributed by atoms with Gasteiger partial charge in [0.15, 0.2) is 0 Å². The summed E-state index contributed by atoms with van der Waals surface area (Å²) in [7, 11) is 0. The Balaban J connectivity index is 1.74. The summed E-state index contributed by atoms with van der Waals surface area (Å²) >= 11 is 7.22. The number of carbonyl (C=O) groups excluding carboxylic acids is 1. The zero-order valence-electron chi connectivity index (χ0n) is 14.6. The molecular weight excluding hydrogens is 425 g/mol. The topological polar surface area (TPSA) is 75.3 Å². The van der Waals surface area contributed by atoms with Crippen molar-refractivity contribution in [1.29, 1.82) is 0 Å². The van der Waals surface area contributed by atoms with Crippen molar-refractivity contribution in [2.75, 3.05) is 11.1 Å². The molecule has 0 fully saturated rings. The van der Waals surface area contributed by atoms with E-state index in [2.05, 4.69) is 5.32 Å². The molecule has 0 bridgehead atoms. The van der Waals surface area contributed by atoms with Crippen LogP contribution in [0, 0.1) is 0 Å². The number of hydrogen-bond acceptors (Lipinski definition) is 4. The molecule has 0 aliphatic rings. The van der Waals surface area contributed by atoms with Crippen LogP contribution in [0.15, 0.2) is 70.5 Å². The van der Waals surface area contributed by atoms with E-state index in [4.69, 9.17) is 17.3 Å². The molecule has 4 nitrogen and oxygen atoms in total. The van der Waals surface area contributed by atoms with Gasteiger partial charge < -0.3 is 16.2 Å². The van der Waals surface area contributed by atoms with Gasteiger partial charge in [-0.25, -0.2) is 0 Å². The maximum absolute atomic E-state index is 12.7. The first-order chi connectivity index (χ1) is 13.6. The lowest BCUT2D eigenvalue weighted by Gasteiger charge is -2.12. The van der Waals surface area contributed by atoms with Crippen molar-refractivity contribution >= 4 is 40.6 Å². The summed E-state index contributed by atoms with van der Waals surface area (Å²) in [5.74, 6) is -0.496. The highest BCUT2D eigenvalue weighted by Crippen LogP contribution is 2.35. The van der Waals surface area contributed by atoms with E-state index < -0.39 is 17.6 Å². The smallest absolute Gasteiger partial charge is 0.416 e. The van der Waals surface area contributed by atoms with E-state index in [1.54, 1.807) is 42.5 Å². The van der Waals surface area contributed by atoms with E-state index in [9.17, 15) is 23.1 Å². The van der Waals surface area contributed by atoms with Crippen molar-refractivity contribution in [2.45, 2.75) is 16.0 Å². The van der Waals surface area contributed by atoms with E-state index >= 15 is 0 Å². The number of nitrogen functional groups attached to an aromatic ring is 1. The third-order valence-electron chi connectivity index (χ3n) is 3.87. The number of aromatic hydroxyl groups is 1. The van der Waals surface area contributed by atoms with E-state index in [-0.39, 0.29) is 16.3 Å². The molecule has 3 aromatic carbocycles. The van der Waals surface area contributed by atoms with Crippen LogP contribution in [0.1, 0.15) is 15.9 Å². The van der Waals surface area contributed by atoms with E-state index in [0.717, 1.165) is 21.9 Å². The maximum Gasteiger partial charge on any atom is 0.416 e. The Kier molecular flexibility index (Phi) is 5.95. The van der Waals surface area contributed by atoms with Crippen molar-refractivity contribution in [1.82, 2.24) is 0 Å². The predicted molar refractivity (Wildman–Crippen MR) is 107 cm³/mol. The average Bonchev–Trinajstić information content (AvgIpc) is 2.64. The van der Waals surface area contributed by atoms with Gasteiger partial charge in [-0.2, -0.15) is 13.2 Å². The lowest BCUT2D eigenvalue weighted by atomic mass is 10.1. The number of benzene rings is 3. The number of phenols is 1. The highest BCUT2D eigenvalue weighted by Gasteiger charge is 2.31. The van der Waals surface area contributed by atoms with Gasteiger partial charge in [0.1, 0.15) is 5.75 Å². The minimum atomic E-state index is -4.54. The molecule has 0 saturated heterocycles. The first-order valence-electron chi connectivity index (χ1n) is 8.18. The molecule has 0 saturated carbocycles. The van der Waals surface area contributed by atoms with Gasteiger partial charge in [0.05, 0.1) is 16.1 Å². The quantitative estimate of drug-likeness (QED) is 0.433. The predicted octanol–water partition coefficient (Wildman–Crippen LogP) is 6.05. The highest BCUT2D eigenvalue weighted by atomic mass is 35.5. The van der Waals surface area contributed by atoms with Crippen LogP contribution in [0.3, 0.4) is 0 Å². The van der Waals surface area contributed by atoms with Crippen molar-refractivity contribution in [3.63, 3.8) is 0 Å². The van der Waals surface area contributed by atoms with Crippen molar-refractivity contribution in [2.24, 2.45) is 0 Å². The van der Waals surface area contributed by atoms with E-state index in [1.165, 1.54) is 11.8 Å². The third kappa shape index (κ3) is 5.16. The molecule has 0 aromatic heterocycles. The van der Waals surface area contributed by atoms with Gasteiger partial charge in [0.25, 0.3) is 5.91 Å². The van der Waals surface area contributed by atoms with Crippen LogP contribution in [-0.4, -0.2) is 11.0 Å². The van der Waals surface area contributed by atoms with Gasteiger partial charge >= 0.3 is 6.18 Å². The molecule has 0 heterocycles. The number of carbonyl (C=O) groups is 1. The summed E-state index contributed by atoms with van der Waals surface area (Å²) in [5.41, 5.74) is 5.80. The molecule has 0 aliphatic carbocycles. The molecule has 9 heteroatoms. The molecule has 0 unspecified atom stereocenters. The summed E-state index contributed by atoms with van der Waals surface area (Å²) < 4.78 is 38.2. The summed E-state index contributed by atoms with van der Waals surface area (Å²) in [6.07, 6.45) is -4.54. The molecule has 3 aromatic rings. The second-order valence-electron chi connectivity index (χ2n) is 6.00. The Hall–Kier alpha value is -2.84. The second kappa shape index (κ2) is 8.26. The Morgan fingerprint density at radius 3 is 2.31 bits per heavy atom. The molecule has 0 atom stereocenters. The Bertz CT molecular complexity index is 1060. The number of halogens is 4. The van der Waals surface area contributed by atoms with Crippen LogP contribution in [-0.2, 0) is 6.18 Å². The first kappa shape index (κ1) is 20.9. The van der Waals surface area contributed by atoms with E-state index in [0.29, 0.717) is 17.4 Å². The standard InChI is InChI=1S/C20H14ClF3N2O2S/c21-16-9-11(20(22,23)24)1-7-15(16)19(28)26-12-2-8-18(17(25)10-12)29-14-5-3-13(27)4-6-14/h1-10,27H,25H2,(H,26,28). The molecule has 1 amide bonds. The zero-order valence-corrected chi connectivity index (χ0v) is 16.2. The highest BCUT2D eigenvalue weighted by molar-refractivity contribution is 7.99. The summed E-state index contributed by atoms with van der Waals surface area (Å²) in [4.78, 5) is 14.0. The normalized spacial score (nSPS) is 11.3. The fraction of sp³-hybridized carbons (Fsp3) is 0.0500. The van der Waals surface area contributed by atoms with Gasteiger partial charge in [-0.15, -0.1) is 0 Å². The average molecular weight is 439 g/mol. The van der Waals surface area contributed by atoms with Crippen molar-refractivity contribution < 1.29 is 23.1 Å². The maximum atomic E-state index is 12.7. The summed E-state index contributed by atoms with van der Waals surface area (Å²) in [5, 5.41) is 11.6. The molecular formula is C20H14ClF3N2O2S. The zero-order chi connectivity index (χ0) is 21.2. The third-order valence-corrected chi connectivity index (χ3v) is 5.29. The monoisotopic (exact) mass is 438 g/mol. The number of hydrogen-bond donors (Lipinski definition) is 3. The van der Waals surface area contributed by atoms with Crippen LogP contribution in [0.5, 0.6) is 5.75 Å². The van der Waals surface area contributed by atoms with Crippen LogP contribution >= 0.6 is 23.4 Å². The minimum Gasteiger partial charge on any atom is -0.508 e. The number of nitrogens with one attached hydrogen (secondary N) is 1. The van der Waals surface area contributed by atoms with Crippen molar-refractivity contribution in [3.05, 3.63) is 76.8 Å². The van der Waals surface area contributed by atoms with Crippen molar-refractivity contribution in [3.8, 4) is 5.75 Å². The van der Waals surface area contributed by atoms with E-state index in [1.807, 2.05) is 0 Å². The number of phenolic OH excluding ortho intramolecular Hbond substituents is 1. The first-order valence-corrected chi connectivity index (χ1v) is 9.37. The minimum absolute atomic E-state index is 0.0826. The van der Waals surface area contributed by atoms with Gasteiger partial charge in [0, 0.05) is 21.2 Å². The van der Waals surface area contributed by atoms with Crippen LogP contribution < -0.4 is 11.1 Å². The molecule has 29 heavy (non-hydrogen) atoms. The number of rotatable bonds is 4. The van der Waals surface area contributed by atoms with Gasteiger partial charge in [-0.3, -0.25) is 4.79 Å². The molecule has 150 valence electrons. The van der Waals surface area contributed by atoms with Gasteiger partial charge in [-0.05, 0) is 60.7 Å². The molecule has 0 radical (unpaired) electrons. The lowest BCUT2D eigenvalue weighted by molar-refractivity contribution is -0.137. The number of amides is 1. The SMILES string of the molecule is Nc1cc(NC(=O)c2ccc(C(F)(F)F)cc2Cl)ccc1Sc1ccc(O)cc1. The van der Waals surface area contributed by atoms with Crippen LogP contribution in [0.4, 0.5) is 24.5 Å². The Morgan fingerprint density at radius 2 is 1.72 bits per heavy atom. The number of anilines is 2. The Labute approximate surface area is 173 Å².